The highest BCUT2D eigenvalue weighted by Gasteiger charge is 2.05. The second-order valence-corrected chi connectivity index (χ2v) is 5.53. The Morgan fingerprint density at radius 1 is 1.00 bits per heavy atom. The zero-order valence-corrected chi connectivity index (χ0v) is 11.7. The number of anilines is 1. The summed E-state index contributed by atoms with van der Waals surface area (Å²) in [6.45, 7) is 0.961. The fraction of sp³-hybridized carbons (Fsp3) is 0.267. The summed E-state index contributed by atoms with van der Waals surface area (Å²) in [5, 5.41) is 5.93. The van der Waals surface area contributed by atoms with E-state index >= 15 is 0 Å². The summed E-state index contributed by atoms with van der Waals surface area (Å²) in [6, 6.07) is 12.8. The van der Waals surface area contributed by atoms with Gasteiger partial charge in [0.05, 0.1) is 0 Å². The van der Waals surface area contributed by atoms with E-state index in [1.54, 1.807) is 0 Å². The zero-order chi connectivity index (χ0) is 12.4. The first-order valence-corrected chi connectivity index (χ1v) is 7.10. The van der Waals surface area contributed by atoms with Crippen LogP contribution >= 0.6 is 15.9 Å². The van der Waals surface area contributed by atoms with Crippen LogP contribution in [0.3, 0.4) is 0 Å². The second-order valence-electron chi connectivity index (χ2n) is 4.62. The molecule has 0 saturated heterocycles. The molecule has 0 aromatic heterocycles. The molecule has 0 spiro atoms. The van der Waals surface area contributed by atoms with Crippen LogP contribution in [0.15, 0.2) is 45.9 Å². The SMILES string of the molecule is Brc1ccc2cc(NC3=NCCCC3)ccc2c1. The molecule has 0 radical (unpaired) electrons. The molecule has 0 saturated carbocycles. The highest BCUT2D eigenvalue weighted by molar-refractivity contribution is 9.10. The normalized spacial score (nSPS) is 15.5. The summed E-state index contributed by atoms with van der Waals surface area (Å²) in [5.41, 5.74) is 1.13. The molecule has 0 atom stereocenters. The van der Waals surface area contributed by atoms with Gasteiger partial charge >= 0.3 is 0 Å². The Balaban J connectivity index is 1.88. The van der Waals surface area contributed by atoms with Gasteiger partial charge in [0.25, 0.3) is 0 Å². The molecule has 1 N–H and O–H groups in total. The number of nitrogens with zero attached hydrogens (tertiary/aromatic N) is 1. The van der Waals surface area contributed by atoms with Gasteiger partial charge in [0.1, 0.15) is 5.84 Å². The molecule has 0 amide bonds. The fourth-order valence-electron chi connectivity index (χ4n) is 2.26. The van der Waals surface area contributed by atoms with Crippen LogP contribution in [0.5, 0.6) is 0 Å². The lowest BCUT2D eigenvalue weighted by Gasteiger charge is -2.14. The van der Waals surface area contributed by atoms with E-state index in [2.05, 4.69) is 62.6 Å². The number of benzene rings is 2. The number of rotatable bonds is 1. The molecule has 3 rings (SSSR count). The Morgan fingerprint density at radius 3 is 2.67 bits per heavy atom. The lowest BCUT2D eigenvalue weighted by Crippen LogP contribution is -2.15. The van der Waals surface area contributed by atoms with E-state index in [1.165, 1.54) is 23.6 Å². The van der Waals surface area contributed by atoms with Gasteiger partial charge in [-0.2, -0.15) is 0 Å². The Labute approximate surface area is 115 Å². The van der Waals surface area contributed by atoms with Crippen molar-refractivity contribution in [3.63, 3.8) is 0 Å². The number of aliphatic imine (C=N–C) groups is 1. The van der Waals surface area contributed by atoms with Crippen molar-refractivity contribution in [3.8, 4) is 0 Å². The van der Waals surface area contributed by atoms with Crippen molar-refractivity contribution in [2.75, 3.05) is 11.9 Å². The average molecular weight is 303 g/mol. The fourth-order valence-corrected chi connectivity index (χ4v) is 2.64. The van der Waals surface area contributed by atoms with Crippen LogP contribution in [0.4, 0.5) is 5.69 Å². The number of amidine groups is 1. The standard InChI is InChI=1S/C15H15BrN2/c16-13-6-4-12-10-14(7-5-11(12)9-13)18-15-3-1-2-8-17-15/h4-7,9-10H,1-3,8H2,(H,17,18). The van der Waals surface area contributed by atoms with Crippen LogP contribution < -0.4 is 5.32 Å². The largest absolute Gasteiger partial charge is 0.344 e. The van der Waals surface area contributed by atoms with E-state index in [-0.39, 0.29) is 0 Å². The van der Waals surface area contributed by atoms with Gasteiger partial charge in [-0.05, 0) is 47.9 Å². The minimum atomic E-state index is 0.961. The minimum Gasteiger partial charge on any atom is -0.344 e. The van der Waals surface area contributed by atoms with Crippen molar-refractivity contribution < 1.29 is 0 Å². The minimum absolute atomic E-state index is 0.961. The van der Waals surface area contributed by atoms with Crippen LogP contribution in [-0.4, -0.2) is 12.4 Å². The number of hydrogen-bond acceptors (Lipinski definition) is 2. The third kappa shape index (κ3) is 2.56. The van der Waals surface area contributed by atoms with Crippen molar-refractivity contribution in [2.24, 2.45) is 4.99 Å². The summed E-state index contributed by atoms with van der Waals surface area (Å²) < 4.78 is 1.12. The Bertz CT molecular complexity index is 604. The van der Waals surface area contributed by atoms with E-state index < -0.39 is 0 Å². The third-order valence-corrected chi connectivity index (χ3v) is 3.71. The van der Waals surface area contributed by atoms with Gasteiger partial charge in [0.15, 0.2) is 0 Å². The predicted molar refractivity (Wildman–Crippen MR) is 81.4 cm³/mol. The van der Waals surface area contributed by atoms with Crippen LogP contribution in [0, 0.1) is 0 Å². The van der Waals surface area contributed by atoms with E-state index in [0.717, 1.165) is 29.0 Å². The van der Waals surface area contributed by atoms with Crippen molar-refractivity contribution in [1.82, 2.24) is 0 Å². The molecule has 1 heterocycles. The maximum atomic E-state index is 4.52. The molecular weight excluding hydrogens is 288 g/mol. The first-order valence-electron chi connectivity index (χ1n) is 6.31. The number of nitrogens with one attached hydrogen (secondary N) is 1. The first kappa shape index (κ1) is 11.7. The molecule has 1 aliphatic rings. The van der Waals surface area contributed by atoms with E-state index in [4.69, 9.17) is 0 Å². The molecule has 0 aliphatic carbocycles. The van der Waals surface area contributed by atoms with Crippen molar-refractivity contribution in [3.05, 3.63) is 40.9 Å². The van der Waals surface area contributed by atoms with E-state index in [9.17, 15) is 0 Å². The third-order valence-electron chi connectivity index (χ3n) is 3.22. The first-order chi connectivity index (χ1) is 8.81. The van der Waals surface area contributed by atoms with Crippen molar-refractivity contribution in [2.45, 2.75) is 19.3 Å². The van der Waals surface area contributed by atoms with Crippen molar-refractivity contribution in [1.29, 1.82) is 0 Å². The highest BCUT2D eigenvalue weighted by atomic mass is 79.9. The Hall–Kier alpha value is -1.35. The quantitative estimate of drug-likeness (QED) is 0.818. The summed E-state index contributed by atoms with van der Waals surface area (Å²) >= 11 is 3.50. The van der Waals surface area contributed by atoms with Crippen LogP contribution in [0.25, 0.3) is 10.8 Å². The maximum Gasteiger partial charge on any atom is 0.101 e. The van der Waals surface area contributed by atoms with E-state index in [1.807, 2.05) is 0 Å². The molecule has 92 valence electrons. The van der Waals surface area contributed by atoms with E-state index in [0.29, 0.717) is 0 Å². The van der Waals surface area contributed by atoms with Gasteiger partial charge in [-0.1, -0.05) is 28.1 Å². The topological polar surface area (TPSA) is 24.4 Å². The Kier molecular flexibility index (Phi) is 3.33. The number of hydrogen-bond donors (Lipinski definition) is 1. The number of halogens is 1. The molecular formula is C15H15BrN2. The summed E-state index contributed by atoms with van der Waals surface area (Å²) in [6.07, 6.45) is 3.53. The predicted octanol–water partition coefficient (Wildman–Crippen LogP) is 4.60. The lowest BCUT2D eigenvalue weighted by molar-refractivity contribution is 0.737. The van der Waals surface area contributed by atoms with Crippen molar-refractivity contribution >= 4 is 38.2 Å². The summed E-state index contributed by atoms with van der Waals surface area (Å²) in [5.74, 6) is 1.12. The number of fused-ring (bicyclic) bond motifs is 1. The van der Waals surface area contributed by atoms with Crippen LogP contribution in [0.1, 0.15) is 19.3 Å². The van der Waals surface area contributed by atoms with Gasteiger partial charge in [-0.3, -0.25) is 4.99 Å². The second kappa shape index (κ2) is 5.11. The Morgan fingerprint density at radius 2 is 1.83 bits per heavy atom. The molecule has 0 unspecified atom stereocenters. The van der Waals surface area contributed by atoms with Crippen LogP contribution in [-0.2, 0) is 0 Å². The molecule has 0 fully saturated rings. The molecule has 2 aromatic rings. The lowest BCUT2D eigenvalue weighted by atomic mass is 10.1. The van der Waals surface area contributed by atoms with Gasteiger partial charge in [-0.15, -0.1) is 0 Å². The molecule has 0 bridgehead atoms. The smallest absolute Gasteiger partial charge is 0.101 e. The summed E-state index contributed by atoms with van der Waals surface area (Å²) in [7, 11) is 0. The maximum absolute atomic E-state index is 4.52. The monoisotopic (exact) mass is 302 g/mol. The highest BCUT2D eigenvalue weighted by Crippen LogP contribution is 2.23. The van der Waals surface area contributed by atoms with Crippen LogP contribution in [0.2, 0.25) is 0 Å². The molecule has 2 aromatic carbocycles. The summed E-state index contributed by atoms with van der Waals surface area (Å²) in [4.78, 5) is 4.52. The van der Waals surface area contributed by atoms with Gasteiger partial charge in [0, 0.05) is 23.1 Å². The van der Waals surface area contributed by atoms with Gasteiger partial charge in [-0.25, -0.2) is 0 Å². The molecule has 3 heteroatoms. The van der Waals surface area contributed by atoms with Gasteiger partial charge in [0.2, 0.25) is 0 Å². The zero-order valence-electron chi connectivity index (χ0n) is 10.1. The molecule has 18 heavy (non-hydrogen) atoms. The molecule has 2 nitrogen and oxygen atoms in total. The molecule has 1 aliphatic heterocycles. The average Bonchev–Trinajstić information content (AvgIpc) is 2.40. The van der Waals surface area contributed by atoms with Gasteiger partial charge < -0.3 is 5.32 Å².